The lowest BCUT2D eigenvalue weighted by Crippen LogP contribution is -2.16. The summed E-state index contributed by atoms with van der Waals surface area (Å²) in [7, 11) is 0. The van der Waals surface area contributed by atoms with Crippen LogP contribution in [0.1, 0.15) is 41.6 Å². The van der Waals surface area contributed by atoms with Gasteiger partial charge in [-0.25, -0.2) is 0 Å². The number of carbonyl (C=O) groups excluding carboxylic acids is 1. The summed E-state index contributed by atoms with van der Waals surface area (Å²) in [6.45, 7) is 1.11. The molecule has 0 amide bonds. The Morgan fingerprint density at radius 3 is 2.14 bits per heavy atom. The van der Waals surface area contributed by atoms with Crippen molar-refractivity contribution in [2.24, 2.45) is 0 Å². The molecule has 2 aromatic carbocycles. The molecule has 0 unspecified atom stereocenters. The molecule has 0 heterocycles. The molecule has 28 heavy (non-hydrogen) atoms. The van der Waals surface area contributed by atoms with Crippen LogP contribution < -0.4 is 4.74 Å². The summed E-state index contributed by atoms with van der Waals surface area (Å²) >= 11 is 16.9. The number of ether oxygens (including phenoxy) is 1. The van der Waals surface area contributed by atoms with Crippen LogP contribution in [0.3, 0.4) is 0 Å². The highest BCUT2D eigenvalue weighted by molar-refractivity contribution is 7.62. The van der Waals surface area contributed by atoms with E-state index >= 15 is 0 Å². The van der Waals surface area contributed by atoms with Gasteiger partial charge in [0.2, 0.25) is 0 Å². The number of ketones is 1. The summed E-state index contributed by atoms with van der Waals surface area (Å²) in [6, 6.07) is 16.9. The fourth-order valence-corrected chi connectivity index (χ4v) is 3.55. The van der Waals surface area contributed by atoms with Crippen LogP contribution in [-0.2, 0) is 4.43 Å². The van der Waals surface area contributed by atoms with Crippen LogP contribution in [0.5, 0.6) is 5.75 Å². The molecule has 0 aliphatic carbocycles. The number of carbonyl (C=O) groups is 1. The molecule has 0 N–H and O–H groups in total. The summed E-state index contributed by atoms with van der Waals surface area (Å²) in [5.74, 6) is 0.727. The normalized spacial score (nSPS) is 11.7. The topological polar surface area (TPSA) is 35.5 Å². The van der Waals surface area contributed by atoms with E-state index in [0.29, 0.717) is 18.8 Å². The molecule has 0 aromatic heterocycles. The van der Waals surface area contributed by atoms with Crippen molar-refractivity contribution in [1.29, 1.82) is 0 Å². The molecule has 0 saturated carbocycles. The first-order chi connectivity index (χ1) is 13.4. The van der Waals surface area contributed by atoms with Crippen molar-refractivity contribution in [3.8, 4) is 5.75 Å². The predicted octanol–water partition coefficient (Wildman–Crippen LogP) is 6.69. The average molecular weight is 458 g/mol. The number of halogens is 3. The molecule has 0 saturated heterocycles. The highest BCUT2D eigenvalue weighted by Crippen LogP contribution is 2.21. The van der Waals surface area contributed by atoms with Gasteiger partial charge in [-0.3, -0.25) is 4.79 Å². The maximum Gasteiger partial charge on any atom is 0.493 e. The Morgan fingerprint density at radius 1 is 0.857 bits per heavy atom. The molecule has 0 spiro atoms. The first kappa shape index (κ1) is 23.0. The second-order valence-corrected chi connectivity index (χ2v) is 13.9. The number of rotatable bonds is 12. The van der Waals surface area contributed by atoms with E-state index in [0.717, 1.165) is 37.0 Å². The van der Waals surface area contributed by atoms with Crippen LogP contribution in [0.4, 0.5) is 0 Å². The van der Waals surface area contributed by atoms with Gasteiger partial charge in [0.1, 0.15) is 5.75 Å². The minimum atomic E-state index is -2.95. The Morgan fingerprint density at radius 2 is 1.50 bits per heavy atom. The van der Waals surface area contributed by atoms with E-state index in [1.807, 2.05) is 48.5 Å². The zero-order chi connectivity index (χ0) is 20.2. The highest BCUT2D eigenvalue weighted by atomic mass is 35.8. The quantitative estimate of drug-likeness (QED) is 0.117. The largest absolute Gasteiger partial charge is 0.494 e. The number of unbranched alkanes of at least 4 members (excludes halogenated alkanes) is 3. The van der Waals surface area contributed by atoms with Crippen molar-refractivity contribution in [1.82, 2.24) is 0 Å². The van der Waals surface area contributed by atoms with Crippen molar-refractivity contribution >= 4 is 51.3 Å². The Kier molecular flexibility index (Phi) is 10.1. The minimum absolute atomic E-state index is 0.0319. The van der Waals surface area contributed by atoms with Crippen molar-refractivity contribution in [2.45, 2.75) is 25.7 Å². The first-order valence-electron chi connectivity index (χ1n) is 9.15. The molecule has 0 aliphatic rings. The number of benzene rings is 2. The van der Waals surface area contributed by atoms with Gasteiger partial charge in [-0.1, -0.05) is 76.1 Å². The number of hydrogen-bond donors (Lipinski definition) is 0. The molecule has 0 fully saturated rings. The van der Waals surface area contributed by atoms with Crippen LogP contribution in [0.25, 0.3) is 6.08 Å². The van der Waals surface area contributed by atoms with E-state index < -0.39 is 6.25 Å². The summed E-state index contributed by atoms with van der Waals surface area (Å²) in [6.07, 6.45) is 4.27. The smallest absolute Gasteiger partial charge is 0.493 e. The molecular formula is C21H23Cl3O3Si. The summed E-state index contributed by atoms with van der Waals surface area (Å²) in [5.41, 5.74) is 1.63. The molecule has 0 atom stereocenters. The molecule has 0 aliphatic heterocycles. The van der Waals surface area contributed by atoms with Gasteiger partial charge in [0, 0.05) is 12.2 Å². The third-order valence-corrected chi connectivity index (χ3v) is 5.45. The third kappa shape index (κ3) is 9.76. The van der Waals surface area contributed by atoms with Crippen LogP contribution >= 0.6 is 33.2 Å². The molecule has 0 bridgehead atoms. The van der Waals surface area contributed by atoms with Gasteiger partial charge in [0.25, 0.3) is 0 Å². The van der Waals surface area contributed by atoms with E-state index in [-0.39, 0.29) is 5.78 Å². The fourth-order valence-electron chi connectivity index (χ4n) is 2.48. The first-order valence-corrected chi connectivity index (χ1v) is 14.1. The van der Waals surface area contributed by atoms with E-state index in [9.17, 15) is 4.79 Å². The van der Waals surface area contributed by atoms with E-state index in [4.69, 9.17) is 42.4 Å². The lowest BCUT2D eigenvalue weighted by molar-refractivity contribution is 0.104. The maximum atomic E-state index is 12.2. The lowest BCUT2D eigenvalue weighted by Gasteiger charge is -2.09. The molecule has 7 heteroatoms. The molecular weight excluding hydrogens is 435 g/mol. The third-order valence-electron chi connectivity index (χ3n) is 3.94. The van der Waals surface area contributed by atoms with Gasteiger partial charge < -0.3 is 9.16 Å². The van der Waals surface area contributed by atoms with Crippen LogP contribution in [0, 0.1) is 0 Å². The van der Waals surface area contributed by atoms with E-state index in [1.165, 1.54) is 0 Å². The zero-order valence-corrected chi connectivity index (χ0v) is 18.7. The van der Waals surface area contributed by atoms with Gasteiger partial charge in [0.05, 0.1) is 6.61 Å². The second kappa shape index (κ2) is 12.3. The maximum absolute atomic E-state index is 12.2. The predicted molar refractivity (Wildman–Crippen MR) is 119 cm³/mol. The van der Waals surface area contributed by atoms with Crippen molar-refractivity contribution < 1.29 is 14.0 Å². The standard InChI is InChI=1S/C21H23Cl3O3Si/c22-28(23,24)27-17-7-2-1-6-16-26-20-13-11-19(12-14-20)21(25)15-10-18-8-4-3-5-9-18/h3-5,8-15H,1-2,6-7,16-17H2. The molecule has 2 rings (SSSR count). The molecule has 0 radical (unpaired) electrons. The van der Waals surface area contributed by atoms with Crippen molar-refractivity contribution in [3.63, 3.8) is 0 Å². The Labute approximate surface area is 181 Å². The fraction of sp³-hybridized carbons (Fsp3) is 0.286. The molecule has 2 aromatic rings. The summed E-state index contributed by atoms with van der Waals surface area (Å²) < 4.78 is 10.9. The minimum Gasteiger partial charge on any atom is -0.494 e. The van der Waals surface area contributed by atoms with Gasteiger partial charge in [-0.15, -0.1) is 0 Å². The average Bonchev–Trinajstić information content (AvgIpc) is 2.68. The number of hydrogen-bond acceptors (Lipinski definition) is 3. The van der Waals surface area contributed by atoms with Crippen LogP contribution in [0.2, 0.25) is 0 Å². The Bertz CT molecular complexity index is 744. The number of allylic oxidation sites excluding steroid dienone is 1. The lowest BCUT2D eigenvalue weighted by atomic mass is 10.1. The summed E-state index contributed by atoms with van der Waals surface area (Å²) in [4.78, 5) is 12.2. The van der Waals surface area contributed by atoms with Gasteiger partial charge in [0.15, 0.2) is 5.78 Å². The Hall–Kier alpha value is -1.30. The van der Waals surface area contributed by atoms with Crippen molar-refractivity contribution in [3.05, 3.63) is 71.8 Å². The van der Waals surface area contributed by atoms with E-state index in [2.05, 4.69) is 0 Å². The van der Waals surface area contributed by atoms with Gasteiger partial charge in [-0.2, -0.15) is 0 Å². The Balaban J connectivity index is 1.64. The molecule has 3 nitrogen and oxygen atoms in total. The van der Waals surface area contributed by atoms with Crippen LogP contribution in [-0.4, -0.2) is 25.2 Å². The van der Waals surface area contributed by atoms with Gasteiger partial charge >= 0.3 is 6.25 Å². The SMILES string of the molecule is O=C(C=Cc1ccccc1)c1ccc(OCCCCCCO[Si](Cl)(Cl)Cl)cc1. The zero-order valence-electron chi connectivity index (χ0n) is 15.5. The molecule has 150 valence electrons. The second-order valence-electron chi connectivity index (χ2n) is 6.19. The monoisotopic (exact) mass is 456 g/mol. The van der Waals surface area contributed by atoms with E-state index in [1.54, 1.807) is 18.2 Å². The van der Waals surface area contributed by atoms with Crippen molar-refractivity contribution in [2.75, 3.05) is 13.2 Å². The highest BCUT2D eigenvalue weighted by Gasteiger charge is 2.26. The van der Waals surface area contributed by atoms with Gasteiger partial charge in [-0.05, 0) is 55.2 Å². The van der Waals surface area contributed by atoms with Crippen LogP contribution in [0.15, 0.2) is 60.7 Å². The summed E-state index contributed by atoms with van der Waals surface area (Å²) in [5, 5.41) is 0.